The van der Waals surface area contributed by atoms with Crippen LogP contribution in [-0.2, 0) is 21.1 Å². The van der Waals surface area contributed by atoms with Crippen molar-refractivity contribution in [3.05, 3.63) is 0 Å². The van der Waals surface area contributed by atoms with E-state index in [0.717, 1.165) is 0 Å². The molecule has 0 atom stereocenters. The van der Waals surface area contributed by atoms with Crippen LogP contribution in [0.4, 0.5) is 0 Å². The van der Waals surface area contributed by atoms with E-state index >= 15 is 0 Å². The average molecular weight is 243 g/mol. The summed E-state index contributed by atoms with van der Waals surface area (Å²) in [4.78, 5) is 21.6. The van der Waals surface area contributed by atoms with E-state index in [-0.39, 0.29) is 82.8 Å². The second-order valence-electron chi connectivity index (χ2n) is 0.513. The molecule has 0 rings (SSSR count). The first kappa shape index (κ1) is 29.9. The molecule has 0 saturated heterocycles. The third kappa shape index (κ3) is 117. The summed E-state index contributed by atoms with van der Waals surface area (Å²) in [6, 6.07) is 0. The molecule has 0 fully saturated rings. The van der Waals surface area contributed by atoms with Gasteiger partial charge in [-0.25, -0.2) is 4.57 Å². The standard InChI is InChI=1S/Ca.Mg.Ni.H3O4P.H2O.4H/c;;;1-5(2,3)4;;;;;/h;;;(H3,1,2,3,4);1H2;;;;. The molecule has 0 aliphatic heterocycles. The summed E-state index contributed by atoms with van der Waals surface area (Å²) >= 11 is 0. The molecule has 0 unspecified atom stereocenters. The van der Waals surface area contributed by atoms with Gasteiger partial charge < -0.3 is 20.2 Å². The van der Waals surface area contributed by atoms with Crippen LogP contribution < -0.4 is 0 Å². The van der Waals surface area contributed by atoms with Gasteiger partial charge in [0.05, 0.1) is 0 Å². The van der Waals surface area contributed by atoms with Crippen LogP contribution in [0.15, 0.2) is 0 Å². The molecule has 0 aliphatic carbocycles. The van der Waals surface area contributed by atoms with Crippen LogP contribution in [0.5, 0.6) is 0 Å². The molecule has 9 heavy (non-hydrogen) atoms. The average Bonchev–Trinajstić information content (AvgIpc) is 0.722. The van der Waals surface area contributed by atoms with Gasteiger partial charge in [0.2, 0.25) is 0 Å². The Morgan fingerprint density at radius 2 is 1.11 bits per heavy atom. The summed E-state index contributed by atoms with van der Waals surface area (Å²) < 4.78 is 8.88. The van der Waals surface area contributed by atoms with E-state index in [2.05, 4.69) is 0 Å². The topological polar surface area (TPSA) is 109 Å². The Labute approximate surface area is 108 Å². The Hall–Kier alpha value is 2.59. The molecule has 9 heteroatoms. The molecule has 0 amide bonds. The monoisotopic (exact) mass is 242 g/mol. The maximum Gasteiger partial charge on any atom is 0.316 e. The van der Waals surface area contributed by atoms with Crippen LogP contribution in [0, 0.1) is 0 Å². The van der Waals surface area contributed by atoms with Gasteiger partial charge in [-0.3, -0.25) is 0 Å². The first-order valence-electron chi connectivity index (χ1n) is 0.783. The van der Waals surface area contributed by atoms with E-state index in [1.807, 2.05) is 0 Å². The number of hydrogen-bond donors (Lipinski definition) is 3. The van der Waals surface area contributed by atoms with Crippen LogP contribution >= 0.6 is 7.82 Å². The van der Waals surface area contributed by atoms with Crippen LogP contribution in [0.2, 0.25) is 0 Å². The van der Waals surface area contributed by atoms with Gasteiger partial charge in [-0.1, -0.05) is 0 Å². The van der Waals surface area contributed by atoms with E-state index in [0.29, 0.717) is 0 Å². The van der Waals surface area contributed by atoms with E-state index in [1.165, 1.54) is 0 Å². The van der Waals surface area contributed by atoms with Gasteiger partial charge in [0.15, 0.2) is 0 Å². The van der Waals surface area contributed by atoms with E-state index < -0.39 is 7.82 Å². The van der Waals surface area contributed by atoms with Crippen molar-refractivity contribution in [1.29, 1.82) is 0 Å². The van der Waals surface area contributed by atoms with Gasteiger partial charge in [0.25, 0.3) is 0 Å². The minimum absolute atomic E-state index is 0. The number of rotatable bonds is 0. The van der Waals surface area contributed by atoms with Gasteiger partial charge in [-0.05, 0) is 0 Å². The van der Waals surface area contributed by atoms with Crippen molar-refractivity contribution in [1.82, 2.24) is 0 Å². The maximum atomic E-state index is 8.88. The third-order valence-electron chi connectivity index (χ3n) is 0. The van der Waals surface area contributed by atoms with Crippen molar-refractivity contribution >= 4 is 68.6 Å². The molecular weight excluding hydrogens is 234 g/mol. The molecule has 0 aliphatic rings. The Morgan fingerprint density at radius 1 is 1.11 bits per heavy atom. The summed E-state index contributed by atoms with van der Waals surface area (Å²) in [6.45, 7) is 0. The molecule has 0 bridgehead atoms. The third-order valence-corrected chi connectivity index (χ3v) is 0. The summed E-state index contributed by atoms with van der Waals surface area (Å²) in [5.74, 6) is 0. The SMILES string of the molecule is O.O=P(O)(O)O.[CaH2].[MgH2].[Ni]. The molecule has 0 aromatic carbocycles. The fourth-order valence-corrected chi connectivity index (χ4v) is 0. The fourth-order valence-electron chi connectivity index (χ4n) is 0. The van der Waals surface area contributed by atoms with Crippen molar-refractivity contribution in [3.63, 3.8) is 0 Å². The van der Waals surface area contributed by atoms with Gasteiger partial charge in [-0.15, -0.1) is 0 Å². The second-order valence-corrected chi connectivity index (χ2v) is 1.54. The Kier molecular flexibility index (Phi) is 43.9. The molecule has 0 radical (unpaired) electrons. The number of hydrogen-bond acceptors (Lipinski definition) is 1. The van der Waals surface area contributed by atoms with Crippen molar-refractivity contribution in [2.45, 2.75) is 0 Å². The predicted octanol–water partition coefficient (Wildman–Crippen LogP) is -3.59. The Bertz CT molecular complexity index is 63.1. The smallest absolute Gasteiger partial charge is 0 e. The fraction of sp³-hybridized carbons (Fsp3) is 0. The summed E-state index contributed by atoms with van der Waals surface area (Å²) in [5.41, 5.74) is 0. The molecule has 0 aromatic heterocycles. The number of phosphoric acid groups is 1. The van der Waals surface area contributed by atoms with Crippen LogP contribution in [0.1, 0.15) is 0 Å². The Morgan fingerprint density at radius 3 is 1.11 bits per heavy atom. The van der Waals surface area contributed by atoms with Gasteiger partial charge >= 0.3 is 68.6 Å². The van der Waals surface area contributed by atoms with Crippen molar-refractivity contribution < 1.29 is 41.2 Å². The second kappa shape index (κ2) is 13.2. The zero-order valence-corrected chi connectivity index (χ0v) is 4.90. The summed E-state index contributed by atoms with van der Waals surface area (Å²) in [6.07, 6.45) is 0. The maximum absolute atomic E-state index is 8.88. The summed E-state index contributed by atoms with van der Waals surface area (Å²) in [7, 11) is -4.64. The van der Waals surface area contributed by atoms with Crippen molar-refractivity contribution in [2.75, 3.05) is 0 Å². The molecule has 0 heterocycles. The van der Waals surface area contributed by atoms with E-state index in [9.17, 15) is 0 Å². The van der Waals surface area contributed by atoms with Gasteiger partial charge in [0, 0.05) is 16.5 Å². The molecule has 0 aromatic rings. The molecule has 0 saturated carbocycles. The zero-order valence-electron chi connectivity index (χ0n) is 3.01. The van der Waals surface area contributed by atoms with E-state index in [4.69, 9.17) is 19.2 Å². The van der Waals surface area contributed by atoms with Crippen LogP contribution in [0.3, 0.4) is 0 Å². The molecule has 5 nitrogen and oxygen atoms in total. The minimum Gasteiger partial charge on any atom is 0 e. The molecule has 5 N–H and O–H groups in total. The largest absolute Gasteiger partial charge is 0.316 e. The van der Waals surface area contributed by atoms with Gasteiger partial charge in [-0.2, -0.15) is 0 Å². The van der Waals surface area contributed by atoms with Crippen LogP contribution in [-0.4, -0.2) is 80.9 Å². The summed E-state index contributed by atoms with van der Waals surface area (Å²) in [5, 5.41) is 0. The quantitative estimate of drug-likeness (QED) is 0.302. The first-order chi connectivity index (χ1) is 2.00. The van der Waals surface area contributed by atoms with Crippen molar-refractivity contribution in [2.24, 2.45) is 0 Å². The zero-order chi connectivity index (χ0) is 4.50. The predicted molar refractivity (Wildman–Crippen MR) is 35.0 cm³/mol. The molecular formula is H9CaMgNiO5P. The normalized spacial score (nSPS) is 6.56. The molecule has 0 spiro atoms. The van der Waals surface area contributed by atoms with Crippen molar-refractivity contribution in [3.8, 4) is 0 Å². The Balaban J connectivity index is -0.0000000133. The first-order valence-corrected chi connectivity index (χ1v) is 2.35. The van der Waals surface area contributed by atoms with Gasteiger partial charge in [0.1, 0.15) is 0 Å². The minimum atomic E-state index is -4.64. The van der Waals surface area contributed by atoms with Crippen LogP contribution in [0.25, 0.3) is 0 Å². The van der Waals surface area contributed by atoms with E-state index in [1.54, 1.807) is 0 Å². The molecule has 58 valence electrons.